The van der Waals surface area contributed by atoms with E-state index in [0.717, 1.165) is 5.69 Å². The second kappa shape index (κ2) is 4.75. The van der Waals surface area contributed by atoms with Gasteiger partial charge >= 0.3 is 5.97 Å². The van der Waals surface area contributed by atoms with Crippen molar-refractivity contribution in [1.82, 2.24) is 9.78 Å². The number of hydrogen-bond acceptors (Lipinski definition) is 4. The van der Waals surface area contributed by atoms with Crippen molar-refractivity contribution >= 4 is 17.7 Å². The summed E-state index contributed by atoms with van der Waals surface area (Å²) in [5.74, 6) is -1.16. The third kappa shape index (κ3) is 3.06. The molecule has 0 aromatic carbocycles. The molecule has 1 unspecified atom stereocenters. The number of nitrogens with one attached hydrogen (secondary N) is 1. The molecule has 1 atom stereocenters. The van der Waals surface area contributed by atoms with Gasteiger partial charge in [-0.05, 0) is 6.92 Å². The quantitative estimate of drug-likeness (QED) is 0.639. The summed E-state index contributed by atoms with van der Waals surface area (Å²) in [4.78, 5) is 21.8. The fraction of sp³-hybridized carbons (Fsp3) is 0.444. The molecule has 7 nitrogen and oxygen atoms in total. The number of anilines is 1. The highest BCUT2D eigenvalue weighted by atomic mass is 16.4. The highest BCUT2D eigenvalue weighted by Crippen LogP contribution is 2.08. The Hall–Kier alpha value is -1.89. The smallest absolute Gasteiger partial charge is 0.305 e. The van der Waals surface area contributed by atoms with Crippen LogP contribution in [-0.2, 0) is 16.6 Å². The molecule has 0 aliphatic carbocycles. The Labute approximate surface area is 92.2 Å². The number of rotatable bonds is 4. The number of carboxylic acid groups (broad SMARTS) is 1. The minimum Gasteiger partial charge on any atom is -0.481 e. The first kappa shape index (κ1) is 12.2. The molecule has 7 heteroatoms. The maximum absolute atomic E-state index is 11.5. The molecule has 1 amide bonds. The van der Waals surface area contributed by atoms with Gasteiger partial charge in [-0.3, -0.25) is 14.3 Å². The lowest BCUT2D eigenvalue weighted by Gasteiger charge is -2.09. The lowest BCUT2D eigenvalue weighted by atomic mass is 10.2. The average molecular weight is 226 g/mol. The van der Waals surface area contributed by atoms with Crippen molar-refractivity contribution in [2.24, 2.45) is 12.8 Å². The Morgan fingerprint density at radius 1 is 1.69 bits per heavy atom. The van der Waals surface area contributed by atoms with E-state index in [2.05, 4.69) is 10.4 Å². The first-order chi connectivity index (χ1) is 7.40. The van der Waals surface area contributed by atoms with Crippen molar-refractivity contribution < 1.29 is 14.7 Å². The zero-order chi connectivity index (χ0) is 12.3. The van der Waals surface area contributed by atoms with E-state index in [-0.39, 0.29) is 0 Å². The number of carbonyl (C=O) groups is 2. The van der Waals surface area contributed by atoms with Gasteiger partial charge in [0.1, 0.15) is 5.82 Å². The molecule has 0 aliphatic heterocycles. The van der Waals surface area contributed by atoms with Gasteiger partial charge in [-0.1, -0.05) is 0 Å². The zero-order valence-corrected chi connectivity index (χ0v) is 9.10. The lowest BCUT2D eigenvalue weighted by molar-refractivity contribution is -0.138. The largest absolute Gasteiger partial charge is 0.481 e. The Morgan fingerprint density at radius 3 is 2.75 bits per heavy atom. The molecule has 0 bridgehead atoms. The van der Waals surface area contributed by atoms with Crippen molar-refractivity contribution in [3.63, 3.8) is 0 Å². The fourth-order valence-corrected chi connectivity index (χ4v) is 1.23. The molecule has 0 radical (unpaired) electrons. The Kier molecular flexibility index (Phi) is 3.62. The van der Waals surface area contributed by atoms with E-state index >= 15 is 0 Å². The van der Waals surface area contributed by atoms with E-state index < -0.39 is 24.3 Å². The summed E-state index contributed by atoms with van der Waals surface area (Å²) in [6.07, 6.45) is -0.400. The minimum absolute atomic E-state index is 0.400. The van der Waals surface area contributed by atoms with Gasteiger partial charge in [0.25, 0.3) is 0 Å². The maximum atomic E-state index is 11.5. The molecule has 1 heterocycles. The van der Waals surface area contributed by atoms with Crippen LogP contribution < -0.4 is 11.1 Å². The van der Waals surface area contributed by atoms with Crippen molar-refractivity contribution in [2.45, 2.75) is 19.4 Å². The average Bonchev–Trinajstić information content (AvgIpc) is 2.43. The SMILES string of the molecule is Cc1cc(NC(=O)C(N)CC(=O)O)n(C)n1. The van der Waals surface area contributed by atoms with Crippen molar-refractivity contribution in [2.75, 3.05) is 5.32 Å². The Morgan fingerprint density at radius 2 is 2.31 bits per heavy atom. The molecule has 88 valence electrons. The summed E-state index contributed by atoms with van der Waals surface area (Å²) in [5.41, 5.74) is 6.15. The molecule has 4 N–H and O–H groups in total. The van der Waals surface area contributed by atoms with Gasteiger partial charge in [0.15, 0.2) is 0 Å². The van der Waals surface area contributed by atoms with Gasteiger partial charge in [-0.15, -0.1) is 0 Å². The molecule has 0 saturated heterocycles. The second-order valence-electron chi connectivity index (χ2n) is 3.49. The number of nitrogens with zero attached hydrogens (tertiary/aromatic N) is 2. The van der Waals surface area contributed by atoms with E-state index in [1.54, 1.807) is 20.0 Å². The Balaban J connectivity index is 2.64. The van der Waals surface area contributed by atoms with Gasteiger partial charge in [0.2, 0.25) is 5.91 Å². The topological polar surface area (TPSA) is 110 Å². The van der Waals surface area contributed by atoms with Crippen LogP contribution in [0.25, 0.3) is 0 Å². The molecule has 0 spiro atoms. The number of aromatic nitrogens is 2. The van der Waals surface area contributed by atoms with Crippen molar-refractivity contribution in [1.29, 1.82) is 0 Å². The third-order valence-electron chi connectivity index (χ3n) is 1.98. The van der Waals surface area contributed by atoms with Crippen LogP contribution in [-0.4, -0.2) is 32.8 Å². The van der Waals surface area contributed by atoms with E-state index in [1.807, 2.05) is 0 Å². The molecule has 1 aromatic rings. The highest BCUT2D eigenvalue weighted by Gasteiger charge is 2.18. The molecular formula is C9H14N4O3. The van der Waals surface area contributed by atoms with Gasteiger partial charge in [0, 0.05) is 13.1 Å². The summed E-state index contributed by atoms with van der Waals surface area (Å²) in [6.45, 7) is 1.78. The van der Waals surface area contributed by atoms with Crippen molar-refractivity contribution in [3.05, 3.63) is 11.8 Å². The molecule has 1 rings (SSSR count). The molecule has 16 heavy (non-hydrogen) atoms. The van der Waals surface area contributed by atoms with E-state index in [9.17, 15) is 9.59 Å². The van der Waals surface area contributed by atoms with Crippen LogP contribution in [0.2, 0.25) is 0 Å². The van der Waals surface area contributed by atoms with E-state index in [0.29, 0.717) is 5.82 Å². The lowest BCUT2D eigenvalue weighted by Crippen LogP contribution is -2.37. The Bertz CT molecular complexity index is 413. The molecule has 0 aliphatic rings. The number of nitrogens with two attached hydrogens (primary N) is 1. The molecule has 0 fully saturated rings. The molecular weight excluding hydrogens is 212 g/mol. The fourth-order valence-electron chi connectivity index (χ4n) is 1.23. The van der Waals surface area contributed by atoms with Crippen LogP contribution in [0.15, 0.2) is 6.07 Å². The summed E-state index contributed by atoms with van der Waals surface area (Å²) < 4.78 is 1.49. The molecule has 0 saturated carbocycles. The molecule has 1 aromatic heterocycles. The first-order valence-electron chi connectivity index (χ1n) is 4.69. The monoisotopic (exact) mass is 226 g/mol. The summed E-state index contributed by atoms with van der Waals surface area (Å²) in [5, 5.41) is 15.0. The second-order valence-corrected chi connectivity index (χ2v) is 3.49. The van der Waals surface area contributed by atoms with Crippen LogP contribution in [0.3, 0.4) is 0 Å². The van der Waals surface area contributed by atoms with E-state index in [1.165, 1.54) is 4.68 Å². The normalized spacial score (nSPS) is 12.2. The number of hydrogen-bond donors (Lipinski definition) is 3. The zero-order valence-electron chi connectivity index (χ0n) is 9.10. The minimum atomic E-state index is -1.11. The maximum Gasteiger partial charge on any atom is 0.305 e. The summed E-state index contributed by atoms with van der Waals surface area (Å²) in [7, 11) is 1.67. The number of carbonyl (C=O) groups excluding carboxylic acids is 1. The number of carboxylic acids is 1. The van der Waals surface area contributed by atoms with Crippen LogP contribution in [0, 0.1) is 6.92 Å². The van der Waals surface area contributed by atoms with Gasteiger partial charge < -0.3 is 16.2 Å². The van der Waals surface area contributed by atoms with Crippen LogP contribution >= 0.6 is 0 Å². The van der Waals surface area contributed by atoms with Crippen LogP contribution in [0.1, 0.15) is 12.1 Å². The predicted molar refractivity (Wildman–Crippen MR) is 56.8 cm³/mol. The third-order valence-corrected chi connectivity index (χ3v) is 1.98. The number of amides is 1. The van der Waals surface area contributed by atoms with Gasteiger partial charge in [-0.2, -0.15) is 5.10 Å². The predicted octanol–water partition coefficient (Wildman–Crippen LogP) is -0.531. The van der Waals surface area contributed by atoms with Crippen LogP contribution in [0.4, 0.5) is 5.82 Å². The van der Waals surface area contributed by atoms with Gasteiger partial charge in [-0.25, -0.2) is 0 Å². The first-order valence-corrected chi connectivity index (χ1v) is 4.69. The summed E-state index contributed by atoms with van der Waals surface area (Å²) in [6, 6.07) is 0.610. The van der Waals surface area contributed by atoms with Crippen molar-refractivity contribution in [3.8, 4) is 0 Å². The number of aliphatic carboxylic acids is 1. The standard InChI is InChI=1S/C9H14N4O3/c1-5-3-7(13(2)12-5)11-9(16)6(10)4-8(14)15/h3,6H,4,10H2,1-2H3,(H,11,16)(H,14,15). The van der Waals surface area contributed by atoms with Gasteiger partial charge in [0.05, 0.1) is 18.2 Å². The van der Waals surface area contributed by atoms with Crippen LogP contribution in [0.5, 0.6) is 0 Å². The summed E-state index contributed by atoms with van der Waals surface area (Å²) >= 11 is 0. The highest BCUT2D eigenvalue weighted by molar-refractivity contribution is 5.96. The number of aryl methyl sites for hydroxylation is 2. The van der Waals surface area contributed by atoms with E-state index in [4.69, 9.17) is 10.8 Å².